The Morgan fingerprint density at radius 2 is 1.59 bits per heavy atom. The molecular weight excluding hydrogens is 660 g/mol. The van der Waals surface area contributed by atoms with E-state index < -0.39 is 12.5 Å². The molecule has 0 saturated carbocycles. The molecule has 0 unspecified atom stereocenters. The van der Waals surface area contributed by atoms with Gasteiger partial charge in [-0.3, -0.25) is 10.1 Å². The summed E-state index contributed by atoms with van der Waals surface area (Å²) >= 11 is 1.61. The Morgan fingerprint density at radius 1 is 1.06 bits per heavy atom. The van der Waals surface area contributed by atoms with Gasteiger partial charge >= 0.3 is 35.8 Å². The normalized spacial score (nSPS) is 12.8. The van der Waals surface area contributed by atoms with E-state index in [2.05, 4.69) is 37.4 Å². The second-order valence-corrected chi connectivity index (χ2v) is 10.3. The van der Waals surface area contributed by atoms with Crippen molar-refractivity contribution in [2.75, 3.05) is 41.0 Å². The number of non-ortho nitro benzene ring substituents is 1. The summed E-state index contributed by atoms with van der Waals surface area (Å²) in [6, 6.07) is 13.3. The van der Waals surface area contributed by atoms with Crippen LogP contribution in [0.5, 0.6) is 5.75 Å². The summed E-state index contributed by atoms with van der Waals surface area (Å²) in [6.07, 6.45) is 1.61. The van der Waals surface area contributed by atoms with Gasteiger partial charge in [0.1, 0.15) is 5.75 Å². The Bertz CT molecular complexity index is 916. The van der Waals surface area contributed by atoms with Crippen LogP contribution in [0, 0.1) is 16.2 Å². The van der Waals surface area contributed by atoms with E-state index in [1.165, 1.54) is 24.3 Å². The molecule has 11 heteroatoms. The van der Waals surface area contributed by atoms with Gasteiger partial charge in [-0.1, -0.05) is 0 Å². The summed E-state index contributed by atoms with van der Waals surface area (Å²) in [7, 11) is 9.34. The van der Waals surface area contributed by atoms with Gasteiger partial charge in [0.2, 0.25) is 0 Å². The first kappa shape index (κ1) is 30.8. The molecule has 0 radical (unpaired) electrons. The van der Waals surface area contributed by atoms with E-state index in [0.717, 1.165) is 36.2 Å². The Kier molecular flexibility index (Phi) is 14.2. The fourth-order valence-electron chi connectivity index (χ4n) is 3.36. The first-order valence-corrected chi connectivity index (χ1v) is 15.3. The van der Waals surface area contributed by atoms with Crippen molar-refractivity contribution < 1.29 is 37.3 Å². The molecular formula is C23H33ClN3O5PPt. The number of halogens is 1. The van der Waals surface area contributed by atoms with Crippen molar-refractivity contribution in [2.24, 2.45) is 0 Å². The molecule has 192 valence electrons. The molecule has 0 aliphatic rings. The van der Waals surface area contributed by atoms with Crippen LogP contribution in [0.15, 0.2) is 36.4 Å². The van der Waals surface area contributed by atoms with Gasteiger partial charge in [-0.05, 0) is 60.1 Å². The van der Waals surface area contributed by atoms with Gasteiger partial charge in [0, 0.05) is 25.2 Å². The number of nitrogens with zero attached hydrogens (tertiary/aromatic N) is 3. The van der Waals surface area contributed by atoms with E-state index in [0.29, 0.717) is 12.2 Å². The summed E-state index contributed by atoms with van der Waals surface area (Å²) < 4.78 is 24.4. The number of nitro benzene ring substituents is 1. The van der Waals surface area contributed by atoms with Crippen molar-refractivity contribution in [1.82, 2.24) is 9.80 Å². The minimum atomic E-state index is -3.38. The predicted octanol–water partition coefficient (Wildman–Crippen LogP) is 5.45. The van der Waals surface area contributed by atoms with Gasteiger partial charge in [-0.2, -0.15) is 23.8 Å². The van der Waals surface area contributed by atoms with Crippen LogP contribution in [0.1, 0.15) is 30.0 Å². The molecule has 2 rings (SSSR count). The number of benzene rings is 2. The standard InChI is InChI=1S/C23H33N3O5P.ClH.Pt/c1-6-30-32(29,31-23-11-9-22(10-12-23)26(27)28)13-7-8-19-14-20(17-24(2)3)16-21(15-19)18-25(4)5;;/h9-12,14-15H,6-8,13,17-18H2,1-5H3;1H;/q-1;;+2/p-1/t32-;;/m0../s1. The third-order valence-corrected chi connectivity index (χ3v) is 6.53. The zero-order chi connectivity index (χ0) is 25.7. The fraction of sp³-hybridized carbons (Fsp3) is 0.478. The van der Waals surface area contributed by atoms with E-state index in [9.17, 15) is 14.7 Å². The first-order chi connectivity index (χ1) is 16.1. The maximum atomic E-state index is 13.2. The van der Waals surface area contributed by atoms with Gasteiger partial charge in [-0.25, -0.2) is 4.57 Å². The van der Waals surface area contributed by atoms with Crippen LogP contribution < -0.4 is 4.52 Å². The number of hydrogen-bond donors (Lipinski definition) is 0. The topological polar surface area (TPSA) is 85.2 Å². The Balaban J connectivity index is 0.00000281. The average Bonchev–Trinajstić information content (AvgIpc) is 2.74. The van der Waals surface area contributed by atoms with E-state index in [-0.39, 0.29) is 18.5 Å². The van der Waals surface area contributed by atoms with Crippen LogP contribution in [0.2, 0.25) is 0 Å². The summed E-state index contributed by atoms with van der Waals surface area (Å²) in [5, 5.41) is 10.8. The summed E-state index contributed by atoms with van der Waals surface area (Å²) in [5.74, 6) is 0.295. The van der Waals surface area contributed by atoms with Gasteiger partial charge in [0.15, 0.2) is 0 Å². The SMILES string of the molecule is CCO[P@@](=O)(CCCc1cc(CN(C)C)[c-]c(CN(C)C)c1)Oc1ccc([N+](=O)[O-])cc1.[Cl][Pt+]. The molecule has 0 aliphatic heterocycles. The molecule has 2 aromatic carbocycles. The predicted molar refractivity (Wildman–Crippen MR) is 132 cm³/mol. The molecule has 8 nitrogen and oxygen atoms in total. The average molecular weight is 693 g/mol. The number of hydrogen-bond acceptors (Lipinski definition) is 7. The van der Waals surface area contributed by atoms with Crippen LogP contribution in [0.3, 0.4) is 0 Å². The molecule has 0 N–H and O–H groups in total. The molecule has 0 aliphatic carbocycles. The van der Waals surface area contributed by atoms with Gasteiger partial charge in [-0.15, -0.1) is 11.1 Å². The van der Waals surface area contributed by atoms with Crippen molar-refractivity contribution in [3.63, 3.8) is 0 Å². The first-order valence-electron chi connectivity index (χ1n) is 10.7. The monoisotopic (exact) mass is 692 g/mol. The second kappa shape index (κ2) is 15.7. The Morgan fingerprint density at radius 3 is 2.03 bits per heavy atom. The van der Waals surface area contributed by atoms with Crippen LogP contribution >= 0.6 is 17.0 Å². The van der Waals surface area contributed by atoms with Crippen LogP contribution in [0.4, 0.5) is 5.69 Å². The van der Waals surface area contributed by atoms with Gasteiger partial charge in [0.25, 0.3) is 5.69 Å². The molecule has 0 amide bonds. The van der Waals surface area contributed by atoms with Crippen molar-refractivity contribution in [3.05, 3.63) is 69.3 Å². The molecule has 0 aromatic heterocycles. The molecule has 1 atom stereocenters. The fourth-order valence-corrected chi connectivity index (χ4v) is 5.02. The van der Waals surface area contributed by atoms with E-state index in [4.69, 9.17) is 9.05 Å². The summed E-state index contributed by atoms with van der Waals surface area (Å²) in [5.41, 5.74) is 3.36. The molecule has 34 heavy (non-hydrogen) atoms. The van der Waals surface area contributed by atoms with Crippen molar-refractivity contribution in [3.8, 4) is 5.75 Å². The van der Waals surface area contributed by atoms with E-state index >= 15 is 0 Å². The third kappa shape index (κ3) is 11.4. The van der Waals surface area contributed by atoms with E-state index in [1.54, 1.807) is 25.7 Å². The molecule has 2 aromatic rings. The maximum absolute atomic E-state index is 13.2. The number of rotatable bonds is 13. The Labute approximate surface area is 218 Å². The zero-order valence-electron chi connectivity index (χ0n) is 20.2. The minimum absolute atomic E-state index is 0.0495. The Hall–Kier alpha value is -1.27. The third-order valence-electron chi connectivity index (χ3n) is 4.53. The molecule has 0 fully saturated rings. The number of nitro groups is 1. The van der Waals surface area contributed by atoms with Gasteiger partial charge < -0.3 is 18.8 Å². The second-order valence-electron chi connectivity index (χ2n) is 8.21. The zero-order valence-corrected chi connectivity index (χ0v) is 24.2. The molecule has 0 spiro atoms. The van der Waals surface area contributed by atoms with E-state index in [1.807, 2.05) is 28.2 Å². The van der Waals surface area contributed by atoms with Gasteiger partial charge in [0.05, 0.1) is 17.7 Å². The van der Waals surface area contributed by atoms with Crippen LogP contribution in [0.25, 0.3) is 0 Å². The summed E-state index contributed by atoms with van der Waals surface area (Å²) in [4.78, 5) is 14.5. The number of aryl methyl sites for hydroxylation is 1. The van der Waals surface area contributed by atoms with Crippen molar-refractivity contribution in [2.45, 2.75) is 32.9 Å². The van der Waals surface area contributed by atoms with Crippen molar-refractivity contribution >= 4 is 22.7 Å². The quantitative estimate of drug-likeness (QED) is 0.120. The van der Waals surface area contributed by atoms with Crippen molar-refractivity contribution in [1.29, 1.82) is 0 Å². The molecule has 0 heterocycles. The van der Waals surface area contributed by atoms with Crippen LogP contribution in [-0.2, 0) is 47.4 Å². The van der Waals surface area contributed by atoms with Crippen LogP contribution in [-0.4, -0.2) is 55.7 Å². The molecule has 0 saturated heterocycles. The summed E-state index contributed by atoms with van der Waals surface area (Å²) in [6.45, 7) is 3.62. The molecule has 0 bridgehead atoms.